The second kappa shape index (κ2) is 6.72. The van der Waals surface area contributed by atoms with Crippen molar-refractivity contribution in [3.05, 3.63) is 58.7 Å². The highest BCUT2D eigenvalue weighted by Crippen LogP contribution is 2.26. The zero-order chi connectivity index (χ0) is 13.7. The normalized spacial score (nSPS) is 17.2. The first kappa shape index (κ1) is 14.1. The summed E-state index contributed by atoms with van der Waals surface area (Å²) in [5.74, 6) is 0.378. The highest BCUT2D eigenvalue weighted by atomic mass is 35.5. The van der Waals surface area contributed by atoms with Gasteiger partial charge in [0.1, 0.15) is 0 Å². The highest BCUT2D eigenvalue weighted by molar-refractivity contribution is 6.30. The first-order valence-electron chi connectivity index (χ1n) is 6.85. The Labute approximate surface area is 120 Å². The molecule has 0 fully saturated rings. The van der Waals surface area contributed by atoms with Gasteiger partial charge in [-0.25, -0.2) is 0 Å². The SMILES string of the molecule is CCC(C1=CCCC=C1)C(=NC)c1ccc(Cl)cc1. The van der Waals surface area contributed by atoms with E-state index in [9.17, 15) is 0 Å². The lowest BCUT2D eigenvalue weighted by Gasteiger charge is -2.21. The zero-order valence-electron chi connectivity index (χ0n) is 11.6. The van der Waals surface area contributed by atoms with Crippen molar-refractivity contribution in [2.45, 2.75) is 26.2 Å². The van der Waals surface area contributed by atoms with Crippen molar-refractivity contribution in [3.8, 4) is 0 Å². The summed E-state index contributed by atoms with van der Waals surface area (Å²) in [5.41, 5.74) is 3.71. The second-order valence-corrected chi connectivity index (χ2v) is 5.20. The summed E-state index contributed by atoms with van der Waals surface area (Å²) >= 11 is 5.96. The molecule has 0 saturated carbocycles. The molecule has 0 radical (unpaired) electrons. The third kappa shape index (κ3) is 3.36. The number of hydrogen-bond acceptors (Lipinski definition) is 1. The van der Waals surface area contributed by atoms with Crippen LogP contribution in [-0.2, 0) is 0 Å². The Morgan fingerprint density at radius 3 is 2.53 bits per heavy atom. The number of hydrogen-bond donors (Lipinski definition) is 0. The lowest BCUT2D eigenvalue weighted by Crippen LogP contribution is -2.17. The molecule has 1 unspecified atom stereocenters. The molecule has 0 aliphatic heterocycles. The van der Waals surface area contributed by atoms with Gasteiger partial charge in [-0.1, -0.05) is 48.9 Å². The summed E-state index contributed by atoms with van der Waals surface area (Å²) in [5, 5.41) is 0.768. The average Bonchev–Trinajstić information content (AvgIpc) is 2.47. The summed E-state index contributed by atoms with van der Waals surface area (Å²) in [6, 6.07) is 7.97. The van der Waals surface area contributed by atoms with E-state index >= 15 is 0 Å². The van der Waals surface area contributed by atoms with Crippen LogP contribution >= 0.6 is 11.6 Å². The predicted octanol–water partition coefficient (Wildman–Crippen LogP) is 5.06. The second-order valence-electron chi connectivity index (χ2n) is 4.76. The molecule has 2 rings (SSSR count). The molecule has 100 valence electrons. The van der Waals surface area contributed by atoms with Crippen molar-refractivity contribution in [2.75, 3.05) is 7.05 Å². The molecule has 0 bridgehead atoms. The van der Waals surface area contributed by atoms with Crippen LogP contribution in [0, 0.1) is 5.92 Å². The molecule has 1 aromatic carbocycles. The van der Waals surface area contributed by atoms with Crippen LogP contribution in [0.25, 0.3) is 0 Å². The zero-order valence-corrected chi connectivity index (χ0v) is 12.3. The van der Waals surface area contributed by atoms with Crippen LogP contribution in [0.15, 0.2) is 53.1 Å². The van der Waals surface area contributed by atoms with E-state index in [-0.39, 0.29) is 0 Å². The standard InChI is InChI=1S/C17H20ClN/c1-3-16(13-7-5-4-6-8-13)17(19-2)14-9-11-15(18)12-10-14/h5,7-12,16H,3-4,6H2,1-2H3. The van der Waals surface area contributed by atoms with Gasteiger partial charge in [-0.15, -0.1) is 0 Å². The molecule has 1 aliphatic carbocycles. The first-order chi connectivity index (χ1) is 9.26. The van der Waals surface area contributed by atoms with Crippen LogP contribution in [-0.4, -0.2) is 12.8 Å². The van der Waals surface area contributed by atoms with Crippen LogP contribution < -0.4 is 0 Å². The summed E-state index contributed by atoms with van der Waals surface area (Å²) < 4.78 is 0. The number of allylic oxidation sites excluding steroid dienone is 4. The molecule has 1 aromatic rings. The van der Waals surface area contributed by atoms with Gasteiger partial charge in [0.15, 0.2) is 0 Å². The monoisotopic (exact) mass is 273 g/mol. The minimum Gasteiger partial charge on any atom is -0.292 e. The van der Waals surface area contributed by atoms with Gasteiger partial charge < -0.3 is 0 Å². The molecule has 0 aromatic heterocycles. The fourth-order valence-corrected chi connectivity index (χ4v) is 2.71. The van der Waals surface area contributed by atoms with Gasteiger partial charge in [-0.3, -0.25) is 4.99 Å². The fourth-order valence-electron chi connectivity index (χ4n) is 2.59. The Hall–Kier alpha value is -1.34. The van der Waals surface area contributed by atoms with Crippen molar-refractivity contribution >= 4 is 17.3 Å². The topological polar surface area (TPSA) is 12.4 Å². The summed E-state index contributed by atoms with van der Waals surface area (Å²) in [6.45, 7) is 2.22. The molecule has 1 aliphatic rings. The lowest BCUT2D eigenvalue weighted by atomic mass is 9.85. The van der Waals surface area contributed by atoms with Crippen molar-refractivity contribution in [3.63, 3.8) is 0 Å². The Kier molecular flexibility index (Phi) is 4.98. The maximum Gasteiger partial charge on any atom is 0.0491 e. The molecule has 0 amide bonds. The largest absolute Gasteiger partial charge is 0.292 e. The van der Waals surface area contributed by atoms with Crippen molar-refractivity contribution in [1.82, 2.24) is 0 Å². The molecule has 2 heteroatoms. The van der Waals surface area contributed by atoms with Crippen LogP contribution in [0.3, 0.4) is 0 Å². The minimum absolute atomic E-state index is 0.378. The molecule has 0 spiro atoms. The smallest absolute Gasteiger partial charge is 0.0491 e. The maximum atomic E-state index is 5.96. The van der Waals surface area contributed by atoms with Gasteiger partial charge in [-0.05, 0) is 42.5 Å². The van der Waals surface area contributed by atoms with E-state index in [1.54, 1.807) is 0 Å². The predicted molar refractivity (Wildman–Crippen MR) is 84.2 cm³/mol. The highest BCUT2D eigenvalue weighted by Gasteiger charge is 2.19. The van der Waals surface area contributed by atoms with Gasteiger partial charge in [-0.2, -0.15) is 0 Å². The fraction of sp³-hybridized carbons (Fsp3) is 0.353. The van der Waals surface area contributed by atoms with Gasteiger partial charge in [0.2, 0.25) is 0 Å². The Morgan fingerprint density at radius 2 is 2.00 bits per heavy atom. The summed E-state index contributed by atoms with van der Waals surface area (Å²) in [6.07, 6.45) is 10.2. The van der Waals surface area contributed by atoms with Crippen LogP contribution in [0.1, 0.15) is 31.7 Å². The Morgan fingerprint density at radius 1 is 1.26 bits per heavy atom. The number of benzene rings is 1. The maximum absolute atomic E-state index is 5.96. The lowest BCUT2D eigenvalue weighted by molar-refractivity contribution is 0.769. The molecular weight excluding hydrogens is 254 g/mol. The van der Waals surface area contributed by atoms with Crippen molar-refractivity contribution < 1.29 is 0 Å². The van der Waals surface area contributed by atoms with Crippen molar-refractivity contribution in [2.24, 2.45) is 10.9 Å². The molecule has 1 nitrogen and oxygen atoms in total. The van der Waals surface area contributed by atoms with E-state index in [0.29, 0.717) is 5.92 Å². The summed E-state index contributed by atoms with van der Waals surface area (Å²) in [4.78, 5) is 4.53. The van der Waals surface area contributed by atoms with Crippen LogP contribution in [0.2, 0.25) is 5.02 Å². The quantitative estimate of drug-likeness (QED) is 0.680. The molecule has 19 heavy (non-hydrogen) atoms. The third-order valence-corrected chi connectivity index (χ3v) is 3.80. The van der Waals surface area contributed by atoms with Gasteiger partial charge in [0.25, 0.3) is 0 Å². The average molecular weight is 274 g/mol. The molecular formula is C17H20ClN. The van der Waals surface area contributed by atoms with Crippen molar-refractivity contribution in [1.29, 1.82) is 0 Å². The number of aliphatic imine (C=N–C) groups is 1. The van der Waals surface area contributed by atoms with Crippen LogP contribution in [0.5, 0.6) is 0 Å². The van der Waals surface area contributed by atoms with E-state index in [1.807, 2.05) is 19.2 Å². The number of nitrogens with zero attached hydrogens (tertiary/aromatic N) is 1. The first-order valence-corrected chi connectivity index (χ1v) is 7.23. The Balaban J connectivity index is 2.32. The van der Waals surface area contributed by atoms with Gasteiger partial charge >= 0.3 is 0 Å². The molecule has 0 heterocycles. The molecule has 0 saturated heterocycles. The molecule has 0 N–H and O–H groups in total. The van der Waals surface area contributed by atoms with E-state index < -0.39 is 0 Å². The number of rotatable bonds is 4. The third-order valence-electron chi connectivity index (χ3n) is 3.55. The molecule has 1 atom stereocenters. The van der Waals surface area contributed by atoms with E-state index in [2.05, 4.69) is 42.3 Å². The van der Waals surface area contributed by atoms with Gasteiger partial charge in [0.05, 0.1) is 0 Å². The number of halogens is 1. The van der Waals surface area contributed by atoms with E-state index in [0.717, 1.165) is 30.0 Å². The summed E-state index contributed by atoms with van der Waals surface area (Å²) in [7, 11) is 1.87. The van der Waals surface area contributed by atoms with Crippen LogP contribution in [0.4, 0.5) is 0 Å². The minimum atomic E-state index is 0.378. The van der Waals surface area contributed by atoms with E-state index in [4.69, 9.17) is 11.6 Å². The Bertz CT molecular complexity index is 509. The van der Waals surface area contributed by atoms with E-state index in [1.165, 1.54) is 11.1 Å². The van der Waals surface area contributed by atoms with Gasteiger partial charge in [0, 0.05) is 23.7 Å².